The first-order valence-corrected chi connectivity index (χ1v) is 16.3. The van der Waals surface area contributed by atoms with Crippen LogP contribution in [-0.4, -0.2) is 15.0 Å². The molecule has 0 aliphatic heterocycles. The van der Waals surface area contributed by atoms with Crippen molar-refractivity contribution in [2.45, 2.75) is 0 Å². The summed E-state index contributed by atoms with van der Waals surface area (Å²) >= 11 is 0. The van der Waals surface area contributed by atoms with Gasteiger partial charge in [-0.15, -0.1) is 0 Å². The van der Waals surface area contributed by atoms with Crippen molar-refractivity contribution in [2.24, 2.45) is 0 Å². The molecule has 0 saturated heterocycles. The molecule has 0 spiro atoms. The van der Waals surface area contributed by atoms with Crippen LogP contribution in [0.25, 0.3) is 98.5 Å². The van der Waals surface area contributed by atoms with Crippen LogP contribution in [0, 0.1) is 0 Å². The summed E-state index contributed by atoms with van der Waals surface area (Å²) in [6.07, 6.45) is 3.69. The van der Waals surface area contributed by atoms with E-state index in [1.807, 2.05) is 24.5 Å². The van der Waals surface area contributed by atoms with E-state index in [1.165, 1.54) is 60.0 Å². The summed E-state index contributed by atoms with van der Waals surface area (Å²) in [5, 5.41) is 10.7. The van der Waals surface area contributed by atoms with Crippen molar-refractivity contribution in [3.8, 4) is 33.5 Å². The largest absolute Gasteiger partial charge is 0.254 e. The van der Waals surface area contributed by atoms with Crippen LogP contribution in [0.2, 0.25) is 0 Å². The Labute approximate surface area is 276 Å². The second-order valence-corrected chi connectivity index (χ2v) is 12.4. The van der Waals surface area contributed by atoms with Gasteiger partial charge >= 0.3 is 0 Å². The molecular formula is C45H27N3. The molecule has 0 unspecified atom stereocenters. The van der Waals surface area contributed by atoms with E-state index >= 15 is 0 Å². The normalized spacial score (nSPS) is 11.8. The molecule has 3 nitrogen and oxygen atoms in total. The van der Waals surface area contributed by atoms with Crippen molar-refractivity contribution < 1.29 is 0 Å². The van der Waals surface area contributed by atoms with Gasteiger partial charge in [-0.25, -0.2) is 4.98 Å². The average Bonchev–Trinajstić information content (AvgIpc) is 3.17. The Morgan fingerprint density at radius 3 is 1.83 bits per heavy atom. The number of benzene rings is 7. The molecule has 0 bridgehead atoms. The van der Waals surface area contributed by atoms with Gasteiger partial charge < -0.3 is 0 Å². The Hall–Kier alpha value is -6.45. The molecule has 0 amide bonds. The first-order chi connectivity index (χ1) is 23.8. The summed E-state index contributed by atoms with van der Waals surface area (Å²) in [6.45, 7) is 0. The van der Waals surface area contributed by atoms with Crippen LogP contribution in [-0.2, 0) is 0 Å². The third-order valence-corrected chi connectivity index (χ3v) is 9.73. The predicted molar refractivity (Wildman–Crippen MR) is 201 cm³/mol. The van der Waals surface area contributed by atoms with Crippen LogP contribution in [0.5, 0.6) is 0 Å². The molecule has 0 fully saturated rings. The van der Waals surface area contributed by atoms with Crippen molar-refractivity contribution >= 4 is 65.0 Å². The summed E-state index contributed by atoms with van der Waals surface area (Å²) in [4.78, 5) is 14.6. The van der Waals surface area contributed by atoms with Crippen LogP contribution < -0.4 is 0 Å². The number of nitrogens with zero attached hydrogens (tertiary/aromatic N) is 3. The second kappa shape index (κ2) is 10.5. The SMILES string of the molecule is c1ccc2c(c1)ccc1c(-c3ccc(-c4ccc(-c5cc6cccnc6c6ncccc56)c5ccccc45)cc3)nc3ccccc3c12. The lowest BCUT2D eigenvalue weighted by Gasteiger charge is -2.15. The van der Waals surface area contributed by atoms with Gasteiger partial charge in [0.25, 0.3) is 0 Å². The van der Waals surface area contributed by atoms with Gasteiger partial charge in [-0.05, 0) is 68.1 Å². The van der Waals surface area contributed by atoms with Crippen LogP contribution in [0.1, 0.15) is 0 Å². The van der Waals surface area contributed by atoms with Crippen LogP contribution >= 0.6 is 0 Å². The van der Waals surface area contributed by atoms with E-state index < -0.39 is 0 Å². The molecule has 0 atom stereocenters. The lowest BCUT2D eigenvalue weighted by atomic mass is 9.89. The molecule has 48 heavy (non-hydrogen) atoms. The number of fused-ring (bicyclic) bond motifs is 9. The number of pyridine rings is 3. The van der Waals surface area contributed by atoms with Gasteiger partial charge in [0.2, 0.25) is 0 Å². The highest BCUT2D eigenvalue weighted by Crippen LogP contribution is 2.41. The van der Waals surface area contributed by atoms with Gasteiger partial charge in [0.15, 0.2) is 0 Å². The lowest BCUT2D eigenvalue weighted by Crippen LogP contribution is -1.92. The van der Waals surface area contributed by atoms with E-state index in [1.54, 1.807) is 0 Å². The molecule has 3 heterocycles. The van der Waals surface area contributed by atoms with Gasteiger partial charge in [-0.2, -0.15) is 0 Å². The van der Waals surface area contributed by atoms with E-state index in [4.69, 9.17) is 9.97 Å². The Kier molecular flexibility index (Phi) is 5.87. The van der Waals surface area contributed by atoms with Gasteiger partial charge in [0.05, 0.1) is 22.2 Å². The number of rotatable bonds is 3. The molecule has 10 rings (SSSR count). The Balaban J connectivity index is 1.13. The second-order valence-electron chi connectivity index (χ2n) is 12.4. The molecule has 0 radical (unpaired) electrons. The molecule has 0 aliphatic carbocycles. The van der Waals surface area contributed by atoms with Crippen molar-refractivity contribution in [1.82, 2.24) is 15.0 Å². The fraction of sp³-hybridized carbons (Fsp3) is 0. The molecule has 3 aromatic heterocycles. The van der Waals surface area contributed by atoms with E-state index in [9.17, 15) is 0 Å². The minimum atomic E-state index is 0.928. The summed E-state index contributed by atoms with van der Waals surface area (Å²) in [7, 11) is 0. The fourth-order valence-electron chi connectivity index (χ4n) is 7.54. The highest BCUT2D eigenvalue weighted by atomic mass is 14.7. The van der Waals surface area contributed by atoms with Crippen LogP contribution in [0.15, 0.2) is 164 Å². The van der Waals surface area contributed by atoms with Gasteiger partial charge in [-0.3, -0.25) is 9.97 Å². The van der Waals surface area contributed by atoms with Crippen molar-refractivity contribution in [2.75, 3.05) is 0 Å². The topological polar surface area (TPSA) is 38.7 Å². The Morgan fingerprint density at radius 2 is 0.979 bits per heavy atom. The number of para-hydroxylation sites is 1. The van der Waals surface area contributed by atoms with E-state index in [2.05, 4.69) is 145 Å². The van der Waals surface area contributed by atoms with Crippen molar-refractivity contribution in [3.05, 3.63) is 164 Å². The molecule has 3 heteroatoms. The fourth-order valence-corrected chi connectivity index (χ4v) is 7.54. The maximum atomic E-state index is 5.21. The third-order valence-electron chi connectivity index (χ3n) is 9.73. The zero-order valence-corrected chi connectivity index (χ0v) is 25.9. The monoisotopic (exact) mass is 609 g/mol. The molecule has 10 aromatic rings. The minimum Gasteiger partial charge on any atom is -0.254 e. The molecule has 0 aliphatic rings. The lowest BCUT2D eigenvalue weighted by molar-refractivity contribution is 1.37. The summed E-state index contributed by atoms with van der Waals surface area (Å²) < 4.78 is 0. The van der Waals surface area contributed by atoms with Crippen molar-refractivity contribution in [1.29, 1.82) is 0 Å². The first-order valence-electron chi connectivity index (χ1n) is 16.3. The van der Waals surface area contributed by atoms with E-state index in [-0.39, 0.29) is 0 Å². The Bertz CT molecular complexity index is 2870. The molecule has 222 valence electrons. The number of hydrogen-bond acceptors (Lipinski definition) is 3. The van der Waals surface area contributed by atoms with Crippen LogP contribution in [0.4, 0.5) is 0 Å². The molecular weight excluding hydrogens is 583 g/mol. The quantitative estimate of drug-likeness (QED) is 0.187. The smallest absolute Gasteiger partial charge is 0.0970 e. The minimum absolute atomic E-state index is 0.928. The van der Waals surface area contributed by atoms with Crippen molar-refractivity contribution in [3.63, 3.8) is 0 Å². The highest BCUT2D eigenvalue weighted by molar-refractivity contribution is 6.22. The summed E-state index contributed by atoms with van der Waals surface area (Å²) in [5.74, 6) is 0. The van der Waals surface area contributed by atoms with E-state index in [0.717, 1.165) is 38.6 Å². The van der Waals surface area contributed by atoms with Crippen LogP contribution in [0.3, 0.4) is 0 Å². The van der Waals surface area contributed by atoms with Gasteiger partial charge in [0, 0.05) is 44.9 Å². The third kappa shape index (κ3) is 4.04. The number of hydrogen-bond donors (Lipinski definition) is 0. The standard InChI is InChI=1S/C45H27N3/c1-2-11-33-28(9-1)21-22-39-42(33)38-14-5-6-16-41(38)48-43(39)30-19-17-29(18-20-30)32-23-24-36(35-13-4-3-12-34(32)35)40-27-31-10-7-25-46-44(31)45-37(40)15-8-26-47-45/h1-27H. The molecule has 0 saturated carbocycles. The highest BCUT2D eigenvalue weighted by Gasteiger charge is 2.16. The zero-order valence-electron chi connectivity index (χ0n) is 25.9. The first kappa shape index (κ1) is 26.7. The maximum absolute atomic E-state index is 5.21. The maximum Gasteiger partial charge on any atom is 0.0970 e. The molecule has 0 N–H and O–H groups in total. The predicted octanol–water partition coefficient (Wildman–Crippen LogP) is 11.8. The summed E-state index contributed by atoms with van der Waals surface area (Å²) in [5.41, 5.74) is 9.71. The average molecular weight is 610 g/mol. The zero-order chi connectivity index (χ0) is 31.6. The number of aromatic nitrogens is 3. The van der Waals surface area contributed by atoms with Gasteiger partial charge in [0.1, 0.15) is 0 Å². The van der Waals surface area contributed by atoms with E-state index in [0.29, 0.717) is 0 Å². The van der Waals surface area contributed by atoms with Gasteiger partial charge in [-0.1, -0.05) is 127 Å². The Morgan fingerprint density at radius 1 is 0.354 bits per heavy atom. The summed E-state index contributed by atoms with van der Waals surface area (Å²) in [6, 6.07) is 54.2. The molecule has 7 aromatic carbocycles.